The number of imide groups is 1. The Morgan fingerprint density at radius 1 is 0.866 bits per heavy atom. The predicted molar refractivity (Wildman–Crippen MR) is 281 cm³/mol. The van der Waals surface area contributed by atoms with Crippen molar-refractivity contribution in [3.63, 3.8) is 0 Å². The Balaban J connectivity index is 0.797. The van der Waals surface area contributed by atoms with Gasteiger partial charge in [-0.3, -0.25) is 57.9 Å². The molecule has 2 aromatic carbocycles. The van der Waals surface area contributed by atoms with Crippen molar-refractivity contribution < 1.29 is 81.0 Å². The van der Waals surface area contributed by atoms with Crippen LogP contribution in [0.2, 0.25) is 0 Å². The summed E-state index contributed by atoms with van der Waals surface area (Å²) >= 11 is 0. The zero-order chi connectivity index (χ0) is 58.8. The topological polar surface area (TPSA) is 381 Å². The van der Waals surface area contributed by atoms with Crippen LogP contribution in [0.5, 0.6) is 0 Å². The molecule has 2 aliphatic carbocycles. The third kappa shape index (κ3) is 12.5. The predicted octanol–water partition coefficient (Wildman–Crippen LogP) is -1.47. The van der Waals surface area contributed by atoms with Crippen LogP contribution in [-0.4, -0.2) is 140 Å². The van der Waals surface area contributed by atoms with Crippen molar-refractivity contribution in [2.45, 2.75) is 95.4 Å². The molecule has 2 unspecified atom stereocenters. The largest absolute Gasteiger partial charge is 0.470 e. The van der Waals surface area contributed by atoms with Crippen molar-refractivity contribution >= 4 is 72.0 Å². The SMILES string of the molecule is CC[C@@]1(O)C(=O)OCc2c1cc1n(c2=O)Cc2c-1nc1cc(F)c(C)c3c1c2[C@@H](NC(=O)C(OCNC(=O)CNC(=O)[C@H](Cc1ccccc1)NC(=O)CNC(=O)CNC(=O)C(CNCOP(=O)(O)O)N1C(=O)C=CC1=O)C1CC1)CC3. The number of benzene rings is 2. The first-order valence-electron chi connectivity index (χ1n) is 26.2. The molecule has 5 atom stereocenters. The van der Waals surface area contributed by atoms with E-state index in [0.29, 0.717) is 80.7 Å². The number of nitrogens with zero attached hydrogens (tertiary/aromatic N) is 3. The number of aromatic nitrogens is 2. The molecule has 27 nitrogen and oxygen atoms in total. The quantitative estimate of drug-likeness (QED) is 0.0111. The summed E-state index contributed by atoms with van der Waals surface area (Å²) in [5.41, 5.74) is 1.66. The summed E-state index contributed by atoms with van der Waals surface area (Å²) in [5.74, 6) is -8.03. The molecule has 1 saturated carbocycles. The molecule has 434 valence electrons. The van der Waals surface area contributed by atoms with Crippen LogP contribution in [0.1, 0.15) is 77.6 Å². The van der Waals surface area contributed by atoms with Crippen molar-refractivity contribution in [2.75, 3.05) is 39.6 Å². The number of ether oxygens (including phenoxy) is 2. The third-order valence-electron chi connectivity index (χ3n) is 14.9. The van der Waals surface area contributed by atoms with E-state index in [-0.39, 0.29) is 43.0 Å². The molecule has 4 aromatic rings. The van der Waals surface area contributed by atoms with E-state index in [1.807, 2.05) is 0 Å². The summed E-state index contributed by atoms with van der Waals surface area (Å²) < 4.78 is 43.5. The number of hydrogen-bond acceptors (Lipinski definition) is 17. The van der Waals surface area contributed by atoms with Crippen LogP contribution >= 0.6 is 7.82 Å². The molecule has 82 heavy (non-hydrogen) atoms. The highest BCUT2D eigenvalue weighted by molar-refractivity contribution is 7.46. The van der Waals surface area contributed by atoms with Gasteiger partial charge in [-0.15, -0.1) is 0 Å². The fourth-order valence-electron chi connectivity index (χ4n) is 10.5. The van der Waals surface area contributed by atoms with Gasteiger partial charge in [-0.1, -0.05) is 37.3 Å². The molecule has 0 radical (unpaired) electrons. The Morgan fingerprint density at radius 3 is 2.23 bits per heavy atom. The average Bonchev–Trinajstić information content (AvgIpc) is 2.36. The number of esters is 1. The van der Waals surface area contributed by atoms with Gasteiger partial charge >= 0.3 is 13.8 Å². The highest BCUT2D eigenvalue weighted by atomic mass is 31.2. The summed E-state index contributed by atoms with van der Waals surface area (Å²) in [6.45, 7) is -0.800. The van der Waals surface area contributed by atoms with Crippen molar-refractivity contribution in [3.05, 3.63) is 110 Å². The normalized spacial score (nSPS) is 18.8. The molecular formula is C53H58FN10O17P. The fraction of sp³-hybridized carbons (Fsp3) is 0.415. The lowest BCUT2D eigenvalue weighted by Crippen LogP contribution is -2.55. The van der Waals surface area contributed by atoms with E-state index in [0.717, 1.165) is 12.2 Å². The summed E-state index contributed by atoms with van der Waals surface area (Å²) in [7, 11) is -4.90. The maximum atomic E-state index is 15.5. The van der Waals surface area contributed by atoms with E-state index < -0.39 is 142 Å². The zero-order valence-corrected chi connectivity index (χ0v) is 45.1. The summed E-state index contributed by atoms with van der Waals surface area (Å²) in [4.78, 5) is 155. The van der Waals surface area contributed by atoms with E-state index in [2.05, 4.69) is 41.7 Å². The number of carbonyl (C=O) groups is 9. The monoisotopic (exact) mass is 1160 g/mol. The van der Waals surface area contributed by atoms with Crippen molar-refractivity contribution in [2.24, 2.45) is 5.92 Å². The number of fused-ring (bicyclic) bond motifs is 5. The number of halogens is 1. The second-order valence-electron chi connectivity index (χ2n) is 20.2. The maximum Gasteiger partial charge on any atom is 0.470 e. The second kappa shape index (κ2) is 24.2. The molecule has 1 fully saturated rings. The molecule has 10 N–H and O–H groups in total. The van der Waals surface area contributed by atoms with Crippen molar-refractivity contribution in [1.82, 2.24) is 51.7 Å². The molecule has 2 aromatic heterocycles. The number of aliphatic hydroxyl groups is 1. The van der Waals surface area contributed by atoms with Crippen molar-refractivity contribution in [3.8, 4) is 11.4 Å². The molecule has 8 amide bonds. The van der Waals surface area contributed by atoms with E-state index >= 15 is 4.39 Å². The van der Waals surface area contributed by atoms with E-state index in [1.54, 1.807) is 50.2 Å². The summed E-state index contributed by atoms with van der Waals surface area (Å²) in [5, 5.41) is 29.6. The number of hydrogen-bond donors (Lipinski definition) is 10. The minimum atomic E-state index is -4.90. The minimum absolute atomic E-state index is 0.0331. The van der Waals surface area contributed by atoms with Gasteiger partial charge in [-0.2, -0.15) is 0 Å². The number of amides is 8. The second-order valence-corrected chi connectivity index (χ2v) is 21.5. The van der Waals surface area contributed by atoms with Gasteiger partial charge in [0.1, 0.15) is 44.1 Å². The first-order valence-corrected chi connectivity index (χ1v) is 27.7. The van der Waals surface area contributed by atoms with Gasteiger partial charge < -0.3 is 60.8 Å². The van der Waals surface area contributed by atoms with Gasteiger partial charge in [0.2, 0.25) is 35.4 Å². The molecule has 0 spiro atoms. The van der Waals surface area contributed by atoms with Crippen LogP contribution < -0.4 is 42.8 Å². The Morgan fingerprint density at radius 2 is 1.55 bits per heavy atom. The van der Waals surface area contributed by atoms with E-state index in [1.165, 1.54) is 10.6 Å². The van der Waals surface area contributed by atoms with Gasteiger partial charge in [0.05, 0.1) is 54.7 Å². The van der Waals surface area contributed by atoms with Gasteiger partial charge in [0.15, 0.2) is 5.60 Å². The summed E-state index contributed by atoms with van der Waals surface area (Å²) in [6, 6.07) is 7.89. The molecule has 29 heteroatoms. The van der Waals surface area contributed by atoms with Crippen LogP contribution in [0.4, 0.5) is 4.39 Å². The highest BCUT2D eigenvalue weighted by Gasteiger charge is 2.47. The van der Waals surface area contributed by atoms with Crippen LogP contribution in [0.25, 0.3) is 22.3 Å². The number of rotatable bonds is 24. The van der Waals surface area contributed by atoms with Crippen LogP contribution in [0.15, 0.2) is 59.4 Å². The lowest BCUT2D eigenvalue weighted by Gasteiger charge is -2.31. The Bertz CT molecular complexity index is 3440. The number of nitrogens with one attached hydrogen (secondary N) is 7. The molecule has 0 saturated heterocycles. The number of phosphoric acid groups is 1. The summed E-state index contributed by atoms with van der Waals surface area (Å²) in [6.07, 6.45) is 2.71. The molecule has 5 heterocycles. The van der Waals surface area contributed by atoms with E-state index in [4.69, 9.17) is 24.2 Å². The Labute approximate surface area is 465 Å². The van der Waals surface area contributed by atoms with Crippen molar-refractivity contribution in [1.29, 1.82) is 0 Å². The number of phosphoric ester groups is 1. The van der Waals surface area contributed by atoms with E-state index in [9.17, 15) is 57.6 Å². The highest BCUT2D eigenvalue weighted by Crippen LogP contribution is 2.46. The van der Waals surface area contributed by atoms with Crippen LogP contribution in [-0.2, 0) is 93.3 Å². The smallest absolute Gasteiger partial charge is 0.458 e. The van der Waals surface area contributed by atoms with Gasteiger partial charge in [0, 0.05) is 47.7 Å². The maximum absolute atomic E-state index is 15.5. The average molecular weight is 1160 g/mol. The number of cyclic esters (lactones) is 1. The molecule has 9 rings (SSSR count). The number of carbonyl (C=O) groups excluding carboxylic acids is 9. The number of pyridine rings is 2. The lowest BCUT2D eigenvalue weighted by molar-refractivity contribution is -0.172. The molecule has 5 aliphatic rings. The van der Waals surface area contributed by atoms with Gasteiger partial charge in [-0.05, 0) is 73.3 Å². The van der Waals surface area contributed by atoms with Crippen LogP contribution in [0.3, 0.4) is 0 Å². The van der Waals surface area contributed by atoms with Gasteiger partial charge in [-0.25, -0.2) is 18.7 Å². The lowest BCUT2D eigenvalue weighted by atomic mass is 9.81. The first-order chi connectivity index (χ1) is 39.1. The Kier molecular flexibility index (Phi) is 17.2. The van der Waals surface area contributed by atoms with Crippen LogP contribution in [0, 0.1) is 18.7 Å². The third-order valence-corrected chi connectivity index (χ3v) is 15.4. The Hall–Kier alpha value is -8.11. The molecule has 0 bridgehead atoms. The van der Waals surface area contributed by atoms with Gasteiger partial charge in [0.25, 0.3) is 17.4 Å². The molecule has 3 aliphatic heterocycles. The standard InChI is InChI=1S/C53H58FN10O17P/c1-3-53(75)32-16-37-46-30(22-63(37)51(73)31(32)23-79-52(53)74)45-34(12-11-29-26(2)33(54)17-35(61-46)44(29)45)62-50(72)47(28-9-10-28)80-25-59-40(66)20-57-48(70)36(15-27-7-5-4-6-8-27)60-41(67)21-56-39(65)19-58-49(71)38(18-55-24-81-82(76,77)78)64-42(68)13-14-43(64)69/h4-8,13-14,16-17,28,34,36,38,47,55,75H,3,9-12,15,18-25H2,1-2H3,(H,56,65)(H,57,70)(H,58,71)(H,59,66)(H,60,67)(H,62,72)(H2,76,77,78)/t34-,36-,38?,47?,53-/m0/s1. The number of aryl methyl sites for hydroxylation is 1. The fourth-order valence-corrected chi connectivity index (χ4v) is 10.8. The first kappa shape index (κ1) is 58.5. The zero-order valence-electron chi connectivity index (χ0n) is 44.2. The molecular weight excluding hydrogens is 1100 g/mol. The minimum Gasteiger partial charge on any atom is -0.458 e.